The molecule has 1 rings (SSSR count). The Morgan fingerprint density at radius 1 is 1.64 bits per heavy atom. The van der Waals surface area contributed by atoms with Crippen LogP contribution in [0.3, 0.4) is 0 Å². The zero-order valence-electron chi connectivity index (χ0n) is 5.84. The topological polar surface area (TPSA) is 33.1 Å². The van der Waals surface area contributed by atoms with Crippen LogP contribution in [0.5, 0.6) is 0 Å². The predicted molar refractivity (Wildman–Crippen MR) is 50.5 cm³/mol. The van der Waals surface area contributed by atoms with E-state index in [4.69, 9.17) is 5.11 Å². The van der Waals surface area contributed by atoms with Gasteiger partial charge in [0.1, 0.15) is 5.44 Å². The van der Waals surface area contributed by atoms with Gasteiger partial charge in [-0.1, -0.05) is 16.9 Å². The highest BCUT2D eigenvalue weighted by molar-refractivity contribution is 8.68. The molecular formula is C7H9NOS2. The van der Waals surface area contributed by atoms with Crippen LogP contribution in [-0.2, 0) is 6.42 Å². The molecule has 1 unspecified atom stereocenters. The minimum atomic E-state index is -0.465. The van der Waals surface area contributed by atoms with E-state index in [1.807, 2.05) is 18.2 Å². The standard InChI is InChI=1S/C7H9NOS2/c9-7(11-10)5-6-3-1-2-4-8-6/h1-4,7,9-10H,5H2. The van der Waals surface area contributed by atoms with Crippen molar-refractivity contribution in [3.05, 3.63) is 30.1 Å². The van der Waals surface area contributed by atoms with Crippen LogP contribution in [0, 0.1) is 0 Å². The molecule has 0 aliphatic carbocycles. The molecule has 0 aliphatic heterocycles. The van der Waals surface area contributed by atoms with E-state index < -0.39 is 5.44 Å². The Morgan fingerprint density at radius 3 is 3.00 bits per heavy atom. The van der Waals surface area contributed by atoms with Crippen LogP contribution in [0.15, 0.2) is 24.4 Å². The molecule has 0 saturated heterocycles. The van der Waals surface area contributed by atoms with Crippen molar-refractivity contribution in [2.24, 2.45) is 0 Å². The van der Waals surface area contributed by atoms with E-state index in [9.17, 15) is 0 Å². The molecule has 0 saturated carbocycles. The molecule has 0 aliphatic rings. The van der Waals surface area contributed by atoms with Crippen molar-refractivity contribution in [3.8, 4) is 0 Å². The third kappa shape index (κ3) is 3.14. The van der Waals surface area contributed by atoms with Gasteiger partial charge in [-0.2, -0.15) is 0 Å². The number of hydrogen-bond donors (Lipinski definition) is 2. The first-order valence-corrected chi connectivity index (χ1v) is 5.14. The summed E-state index contributed by atoms with van der Waals surface area (Å²) in [7, 11) is 1.13. The van der Waals surface area contributed by atoms with E-state index in [1.54, 1.807) is 6.20 Å². The maximum Gasteiger partial charge on any atom is 0.115 e. The second kappa shape index (κ2) is 4.64. The normalized spacial score (nSPS) is 12.9. The van der Waals surface area contributed by atoms with E-state index >= 15 is 0 Å². The van der Waals surface area contributed by atoms with Crippen LogP contribution in [0.1, 0.15) is 5.69 Å². The summed E-state index contributed by atoms with van der Waals surface area (Å²) in [5, 5.41) is 9.16. The summed E-state index contributed by atoms with van der Waals surface area (Å²) in [5.41, 5.74) is 0.426. The summed E-state index contributed by atoms with van der Waals surface area (Å²) in [6, 6.07) is 5.63. The van der Waals surface area contributed by atoms with Gasteiger partial charge in [-0.15, -0.1) is 11.7 Å². The number of aromatic nitrogens is 1. The van der Waals surface area contributed by atoms with Gasteiger partial charge in [0.15, 0.2) is 0 Å². The van der Waals surface area contributed by atoms with E-state index in [-0.39, 0.29) is 0 Å². The van der Waals surface area contributed by atoms with Crippen LogP contribution < -0.4 is 0 Å². The first-order valence-electron chi connectivity index (χ1n) is 3.21. The first kappa shape index (κ1) is 8.90. The summed E-state index contributed by atoms with van der Waals surface area (Å²) < 4.78 is 0. The number of thiol groups is 1. The third-order valence-electron chi connectivity index (χ3n) is 1.23. The molecule has 0 bridgehead atoms. The SMILES string of the molecule is OC(Cc1ccccn1)SS. The van der Waals surface area contributed by atoms with Crippen molar-refractivity contribution in [1.29, 1.82) is 0 Å². The van der Waals surface area contributed by atoms with E-state index in [0.717, 1.165) is 16.5 Å². The molecule has 0 radical (unpaired) electrons. The second-order valence-corrected chi connectivity index (χ2v) is 3.47. The summed E-state index contributed by atoms with van der Waals surface area (Å²) >= 11 is 3.88. The minimum absolute atomic E-state index is 0.465. The lowest BCUT2D eigenvalue weighted by atomic mass is 10.3. The van der Waals surface area contributed by atoms with Gasteiger partial charge in [0.25, 0.3) is 0 Å². The molecule has 2 nitrogen and oxygen atoms in total. The highest BCUT2D eigenvalue weighted by atomic mass is 33.1. The zero-order chi connectivity index (χ0) is 8.10. The summed E-state index contributed by atoms with van der Waals surface area (Å²) in [4.78, 5) is 4.06. The highest BCUT2D eigenvalue weighted by Gasteiger charge is 2.03. The van der Waals surface area contributed by atoms with Crippen molar-refractivity contribution in [2.75, 3.05) is 0 Å². The fraction of sp³-hybridized carbons (Fsp3) is 0.286. The van der Waals surface area contributed by atoms with Gasteiger partial charge < -0.3 is 5.11 Å². The minimum Gasteiger partial charge on any atom is -0.381 e. The molecule has 1 heterocycles. The largest absolute Gasteiger partial charge is 0.381 e. The maximum atomic E-state index is 9.16. The number of rotatable bonds is 3. The van der Waals surface area contributed by atoms with E-state index in [2.05, 4.69) is 16.6 Å². The van der Waals surface area contributed by atoms with Crippen molar-refractivity contribution in [1.82, 2.24) is 4.98 Å². The zero-order valence-corrected chi connectivity index (χ0v) is 7.55. The quantitative estimate of drug-likeness (QED) is 0.427. The molecule has 1 N–H and O–H groups in total. The van der Waals surface area contributed by atoms with Crippen molar-refractivity contribution < 1.29 is 5.11 Å². The average Bonchev–Trinajstić information content (AvgIpc) is 2.06. The second-order valence-electron chi connectivity index (χ2n) is 2.09. The summed E-state index contributed by atoms with van der Waals surface area (Å²) in [6.07, 6.45) is 2.26. The monoisotopic (exact) mass is 187 g/mol. The third-order valence-corrected chi connectivity index (χ3v) is 2.37. The van der Waals surface area contributed by atoms with Crippen LogP contribution in [0.25, 0.3) is 0 Å². The van der Waals surface area contributed by atoms with Gasteiger partial charge >= 0.3 is 0 Å². The molecule has 11 heavy (non-hydrogen) atoms. The fourth-order valence-electron chi connectivity index (χ4n) is 0.735. The molecule has 1 aromatic heterocycles. The molecule has 60 valence electrons. The Labute approximate surface area is 74.9 Å². The number of pyridine rings is 1. The number of hydrogen-bond acceptors (Lipinski definition) is 4. The van der Waals surface area contributed by atoms with E-state index in [1.165, 1.54) is 0 Å². The molecule has 0 aromatic carbocycles. The predicted octanol–water partition coefficient (Wildman–Crippen LogP) is 1.52. The van der Waals surface area contributed by atoms with Gasteiger partial charge in [0, 0.05) is 18.3 Å². The van der Waals surface area contributed by atoms with Gasteiger partial charge in [-0.05, 0) is 12.1 Å². The smallest absolute Gasteiger partial charge is 0.115 e. The molecular weight excluding hydrogens is 178 g/mol. The van der Waals surface area contributed by atoms with Crippen LogP contribution in [-0.4, -0.2) is 15.5 Å². The highest BCUT2D eigenvalue weighted by Crippen LogP contribution is 2.15. The van der Waals surface area contributed by atoms with Gasteiger partial charge in [-0.3, -0.25) is 4.98 Å². The van der Waals surface area contributed by atoms with Crippen LogP contribution >= 0.6 is 22.5 Å². The molecule has 4 heteroatoms. The first-order chi connectivity index (χ1) is 5.33. The van der Waals surface area contributed by atoms with Crippen molar-refractivity contribution in [2.45, 2.75) is 11.9 Å². The van der Waals surface area contributed by atoms with Crippen molar-refractivity contribution >= 4 is 22.5 Å². The number of aliphatic hydroxyl groups is 1. The Balaban J connectivity index is 2.51. The average molecular weight is 187 g/mol. The number of aliphatic hydroxyl groups excluding tert-OH is 1. The Morgan fingerprint density at radius 2 is 2.45 bits per heavy atom. The molecule has 0 amide bonds. The molecule has 0 spiro atoms. The Hall–Kier alpha value is -0.190. The fourth-order valence-corrected chi connectivity index (χ4v) is 1.20. The molecule has 0 fully saturated rings. The van der Waals surface area contributed by atoms with Gasteiger partial charge in [-0.25, -0.2) is 0 Å². The summed E-state index contributed by atoms with van der Waals surface area (Å²) in [5.74, 6) is 0. The Bertz CT molecular complexity index is 205. The van der Waals surface area contributed by atoms with Crippen molar-refractivity contribution in [3.63, 3.8) is 0 Å². The van der Waals surface area contributed by atoms with Gasteiger partial charge in [0.2, 0.25) is 0 Å². The molecule has 1 aromatic rings. The van der Waals surface area contributed by atoms with E-state index in [0.29, 0.717) is 6.42 Å². The lowest BCUT2D eigenvalue weighted by Crippen LogP contribution is -2.04. The van der Waals surface area contributed by atoms with Gasteiger partial charge in [0.05, 0.1) is 0 Å². The lowest BCUT2D eigenvalue weighted by Gasteiger charge is -2.03. The van der Waals surface area contributed by atoms with Crippen LogP contribution in [0.4, 0.5) is 0 Å². The van der Waals surface area contributed by atoms with Crippen LogP contribution in [0.2, 0.25) is 0 Å². The lowest BCUT2D eigenvalue weighted by molar-refractivity contribution is 0.264. The Kier molecular flexibility index (Phi) is 3.76. The maximum absolute atomic E-state index is 9.16. The number of nitrogens with zero attached hydrogens (tertiary/aromatic N) is 1. The molecule has 1 atom stereocenters. The summed E-state index contributed by atoms with van der Waals surface area (Å²) in [6.45, 7) is 0.